The zero-order chi connectivity index (χ0) is 23.0. The number of halogens is 2. The normalized spacial score (nSPS) is 11.5. The van der Waals surface area contributed by atoms with E-state index in [1.54, 1.807) is 12.1 Å². The number of nitrogens with two attached hydrogens (primary N) is 1. The topological polar surface area (TPSA) is 107 Å². The van der Waals surface area contributed by atoms with Crippen molar-refractivity contribution in [1.82, 2.24) is 9.97 Å². The zero-order valence-corrected chi connectivity index (χ0v) is 17.9. The van der Waals surface area contributed by atoms with Crippen LogP contribution in [0.25, 0.3) is 22.0 Å². The van der Waals surface area contributed by atoms with Crippen LogP contribution in [0.4, 0.5) is 20.3 Å². The molecule has 2 aromatic carbocycles. The van der Waals surface area contributed by atoms with E-state index in [-0.39, 0.29) is 11.6 Å². The van der Waals surface area contributed by atoms with Gasteiger partial charge in [0.1, 0.15) is 28.0 Å². The number of fused-ring (bicyclic) bond motifs is 1. The third kappa shape index (κ3) is 4.04. The fourth-order valence-corrected chi connectivity index (χ4v) is 4.32. The van der Waals surface area contributed by atoms with E-state index in [0.29, 0.717) is 23.0 Å². The van der Waals surface area contributed by atoms with Gasteiger partial charge in [-0.2, -0.15) is 0 Å². The van der Waals surface area contributed by atoms with Gasteiger partial charge in [-0.15, -0.1) is 0 Å². The number of ether oxygens (including phenoxy) is 1. The molecule has 7 nitrogen and oxygen atoms in total. The summed E-state index contributed by atoms with van der Waals surface area (Å²) in [7, 11) is -3.05. The number of methoxy groups -OCH3 is 1. The van der Waals surface area contributed by atoms with Crippen molar-refractivity contribution in [1.29, 1.82) is 0 Å². The molecule has 10 heteroatoms. The molecule has 4 rings (SSSR count). The summed E-state index contributed by atoms with van der Waals surface area (Å²) in [4.78, 5) is 7.80. The molecule has 0 saturated carbocycles. The summed E-state index contributed by atoms with van der Waals surface area (Å²) in [5, 5.41) is 0.848. The van der Waals surface area contributed by atoms with Crippen molar-refractivity contribution in [2.75, 3.05) is 17.6 Å². The monoisotopic (exact) mass is 456 g/mol. The van der Waals surface area contributed by atoms with Crippen molar-refractivity contribution in [2.24, 2.45) is 0 Å². The van der Waals surface area contributed by atoms with Gasteiger partial charge >= 0.3 is 0 Å². The molecule has 0 unspecified atom stereocenters. The molecule has 0 radical (unpaired) electrons. The minimum atomic E-state index is -4.37. The van der Waals surface area contributed by atoms with Gasteiger partial charge in [-0.25, -0.2) is 27.2 Å². The number of hydrogen-bond donors (Lipinski definition) is 2. The first-order valence-corrected chi connectivity index (χ1v) is 10.9. The average Bonchev–Trinajstić information content (AvgIpc) is 2.73. The molecular formula is C22H18F2N4O3S. The van der Waals surface area contributed by atoms with Crippen LogP contribution in [0.2, 0.25) is 0 Å². The summed E-state index contributed by atoms with van der Waals surface area (Å²) in [6.45, 7) is 1.85. The molecule has 0 fully saturated rings. The molecule has 3 N–H and O–H groups in total. The van der Waals surface area contributed by atoms with Crippen molar-refractivity contribution in [3.63, 3.8) is 0 Å². The second-order valence-corrected chi connectivity index (χ2v) is 8.71. The van der Waals surface area contributed by atoms with Gasteiger partial charge in [0.2, 0.25) is 5.88 Å². The molecule has 0 aliphatic carbocycles. The maximum Gasteiger partial charge on any atom is 0.264 e. The van der Waals surface area contributed by atoms with Crippen molar-refractivity contribution in [3.8, 4) is 17.0 Å². The van der Waals surface area contributed by atoms with Crippen molar-refractivity contribution < 1.29 is 21.9 Å². The fraction of sp³-hybridized carbons (Fsp3) is 0.0909. The van der Waals surface area contributed by atoms with Crippen LogP contribution in [0.3, 0.4) is 0 Å². The Kier molecular flexibility index (Phi) is 5.39. The average molecular weight is 456 g/mol. The molecule has 2 aromatic heterocycles. The van der Waals surface area contributed by atoms with E-state index >= 15 is 0 Å². The van der Waals surface area contributed by atoms with Gasteiger partial charge in [-0.1, -0.05) is 6.07 Å². The fourth-order valence-electron chi connectivity index (χ4n) is 3.22. The highest BCUT2D eigenvalue weighted by Crippen LogP contribution is 2.32. The summed E-state index contributed by atoms with van der Waals surface area (Å²) in [6, 6.07) is 11.1. The summed E-state index contributed by atoms with van der Waals surface area (Å²) in [6.07, 6.45) is 1.52. The van der Waals surface area contributed by atoms with Gasteiger partial charge in [0.15, 0.2) is 0 Å². The van der Waals surface area contributed by atoms with Crippen molar-refractivity contribution >= 4 is 32.4 Å². The lowest BCUT2D eigenvalue weighted by atomic mass is 10.0. The Balaban J connectivity index is 1.76. The van der Waals surface area contributed by atoms with E-state index in [2.05, 4.69) is 14.7 Å². The van der Waals surface area contributed by atoms with Gasteiger partial charge < -0.3 is 10.5 Å². The Morgan fingerprint density at radius 1 is 1.03 bits per heavy atom. The predicted octanol–water partition coefficient (Wildman–Crippen LogP) is 4.28. The number of benzene rings is 2. The van der Waals surface area contributed by atoms with Crippen LogP contribution in [0.15, 0.2) is 59.6 Å². The van der Waals surface area contributed by atoms with Crippen molar-refractivity contribution in [2.45, 2.75) is 11.8 Å². The quantitative estimate of drug-likeness (QED) is 0.464. The van der Waals surface area contributed by atoms with E-state index in [1.165, 1.54) is 19.4 Å². The van der Waals surface area contributed by atoms with E-state index in [0.717, 1.165) is 28.6 Å². The minimum absolute atomic E-state index is 0.000401. The summed E-state index contributed by atoms with van der Waals surface area (Å²) >= 11 is 0. The molecule has 0 amide bonds. The molecule has 0 aliphatic rings. The molecule has 0 atom stereocenters. The first kappa shape index (κ1) is 21.4. The predicted molar refractivity (Wildman–Crippen MR) is 118 cm³/mol. The Hall–Kier alpha value is -3.79. The Morgan fingerprint density at radius 2 is 1.81 bits per heavy atom. The van der Waals surface area contributed by atoms with Crippen LogP contribution in [0.5, 0.6) is 5.88 Å². The maximum absolute atomic E-state index is 14.1. The molecule has 164 valence electrons. The highest BCUT2D eigenvalue weighted by atomic mass is 32.2. The van der Waals surface area contributed by atoms with Crippen LogP contribution >= 0.6 is 0 Å². The molecule has 0 bridgehead atoms. The van der Waals surface area contributed by atoms with Crippen LogP contribution in [0.1, 0.15) is 5.56 Å². The zero-order valence-electron chi connectivity index (χ0n) is 17.1. The number of anilines is 2. The van der Waals surface area contributed by atoms with Crippen LogP contribution in [-0.2, 0) is 10.0 Å². The van der Waals surface area contributed by atoms with E-state index < -0.39 is 26.6 Å². The van der Waals surface area contributed by atoms with Gasteiger partial charge in [-0.05, 0) is 54.4 Å². The van der Waals surface area contributed by atoms with Gasteiger partial charge in [0.25, 0.3) is 10.0 Å². The minimum Gasteiger partial charge on any atom is -0.480 e. The number of nitrogens with one attached hydrogen (secondary N) is 1. The van der Waals surface area contributed by atoms with E-state index in [9.17, 15) is 17.2 Å². The number of nitrogens with zero attached hydrogens (tertiary/aromatic N) is 2. The lowest BCUT2D eigenvalue weighted by Gasteiger charge is -2.13. The number of hydrogen-bond acceptors (Lipinski definition) is 6. The maximum atomic E-state index is 14.1. The third-order valence-electron chi connectivity index (χ3n) is 4.85. The highest BCUT2D eigenvalue weighted by Gasteiger charge is 2.22. The SMILES string of the molecule is COc1ncc(-c2ccc3nc(N)c(C)cc3c2)cc1NS(=O)(=O)c1ccc(F)cc1F. The lowest BCUT2D eigenvalue weighted by molar-refractivity contribution is 0.400. The number of nitrogen functional groups attached to an aromatic ring is 1. The first-order valence-electron chi connectivity index (χ1n) is 9.37. The summed E-state index contributed by atoms with van der Waals surface area (Å²) < 4.78 is 60.1. The highest BCUT2D eigenvalue weighted by molar-refractivity contribution is 7.92. The molecule has 0 spiro atoms. The van der Waals surface area contributed by atoms with E-state index in [4.69, 9.17) is 10.5 Å². The number of aromatic nitrogens is 2. The summed E-state index contributed by atoms with van der Waals surface area (Å²) in [5.74, 6) is -1.66. The Bertz CT molecular complexity index is 1460. The number of aryl methyl sites for hydroxylation is 1. The Morgan fingerprint density at radius 3 is 2.53 bits per heavy atom. The van der Waals surface area contributed by atoms with E-state index in [1.807, 2.05) is 19.1 Å². The third-order valence-corrected chi connectivity index (χ3v) is 6.25. The molecular weight excluding hydrogens is 438 g/mol. The summed E-state index contributed by atoms with van der Waals surface area (Å²) in [5.41, 5.74) is 8.74. The van der Waals surface area contributed by atoms with Crippen LogP contribution < -0.4 is 15.2 Å². The van der Waals surface area contributed by atoms with Gasteiger partial charge in [-0.3, -0.25) is 4.72 Å². The molecule has 0 saturated heterocycles. The van der Waals surface area contributed by atoms with Gasteiger partial charge in [0, 0.05) is 23.2 Å². The Labute approximate surface area is 182 Å². The van der Waals surface area contributed by atoms with Crippen LogP contribution in [-0.4, -0.2) is 25.5 Å². The second kappa shape index (κ2) is 8.04. The smallest absolute Gasteiger partial charge is 0.264 e. The molecule has 32 heavy (non-hydrogen) atoms. The van der Waals surface area contributed by atoms with Crippen molar-refractivity contribution in [3.05, 3.63) is 71.9 Å². The number of pyridine rings is 2. The number of rotatable bonds is 5. The lowest BCUT2D eigenvalue weighted by Crippen LogP contribution is -2.15. The largest absolute Gasteiger partial charge is 0.480 e. The molecule has 2 heterocycles. The van der Waals surface area contributed by atoms with Crippen LogP contribution in [0, 0.1) is 18.6 Å². The first-order chi connectivity index (χ1) is 15.2. The number of sulfonamides is 1. The molecule has 4 aromatic rings. The second-order valence-electron chi connectivity index (χ2n) is 7.06. The molecule has 0 aliphatic heterocycles. The standard InChI is InChI=1S/C22H18F2N4O3S/c1-12-7-14-8-13(3-5-18(14)27-21(12)25)15-9-19(22(31-2)26-11-15)28-32(29,30)20-6-4-16(23)10-17(20)24/h3-11,28H,1-2H3,(H2,25,27). The van der Waals surface area contributed by atoms with Gasteiger partial charge in [0.05, 0.1) is 12.6 Å².